The first-order valence-corrected chi connectivity index (χ1v) is 17.6. The number of benzene rings is 2. The molecule has 3 aliphatic heterocycles. The average molecular weight is 591 g/mol. The monoisotopic (exact) mass is 590 g/mol. The van der Waals surface area contributed by atoms with Gasteiger partial charge in [-0.25, -0.2) is 0 Å². The Kier molecular flexibility index (Phi) is 7.52. The molecular formula is C30H38N6O5Si. The number of nitrogens with one attached hydrogen (secondary N) is 1. The molecule has 12 heteroatoms. The van der Waals surface area contributed by atoms with E-state index in [4.69, 9.17) is 4.74 Å². The van der Waals surface area contributed by atoms with Gasteiger partial charge >= 0.3 is 0 Å². The summed E-state index contributed by atoms with van der Waals surface area (Å²) in [5, 5.41) is 20.7. The molecule has 2 amide bonds. The van der Waals surface area contributed by atoms with Gasteiger partial charge in [-0.05, 0) is 49.8 Å². The van der Waals surface area contributed by atoms with Crippen molar-refractivity contribution in [2.45, 2.75) is 56.7 Å². The minimum absolute atomic E-state index is 0.00218. The Balaban J connectivity index is 1.43. The van der Waals surface area contributed by atoms with Crippen molar-refractivity contribution in [3.05, 3.63) is 66.0 Å². The number of carbonyl (C=O) groups is 2. The van der Waals surface area contributed by atoms with Crippen LogP contribution in [0.5, 0.6) is 0 Å². The minimum atomic E-state index is -2.85. The minimum Gasteiger partial charge on any atom is -0.432 e. The van der Waals surface area contributed by atoms with Crippen LogP contribution in [0.15, 0.2) is 54.7 Å². The number of nitrogens with zero attached hydrogens (tertiary/aromatic N) is 5. The Labute approximate surface area is 246 Å². The molecule has 4 atom stereocenters. The van der Waals surface area contributed by atoms with E-state index in [-0.39, 0.29) is 36.4 Å². The number of aliphatic hydroxyl groups excluding tert-OH is 1. The third-order valence-corrected chi connectivity index (χ3v) is 11.4. The zero-order chi connectivity index (χ0) is 29.6. The highest BCUT2D eigenvalue weighted by molar-refractivity contribution is 6.71. The van der Waals surface area contributed by atoms with Crippen LogP contribution in [0.3, 0.4) is 0 Å². The van der Waals surface area contributed by atoms with Crippen LogP contribution >= 0.6 is 0 Å². The summed E-state index contributed by atoms with van der Waals surface area (Å²) in [5.41, 5.74) is 2.06. The summed E-state index contributed by atoms with van der Waals surface area (Å²) in [7, 11) is -2.85. The second-order valence-electron chi connectivity index (χ2n) is 12.0. The number of amides is 2. The second kappa shape index (κ2) is 11.0. The van der Waals surface area contributed by atoms with E-state index in [1.165, 1.54) is 0 Å². The number of fused-ring (bicyclic) bond motifs is 2. The van der Waals surface area contributed by atoms with Crippen molar-refractivity contribution in [2.75, 3.05) is 36.0 Å². The molecule has 0 unspecified atom stereocenters. The van der Waals surface area contributed by atoms with E-state index in [0.29, 0.717) is 38.2 Å². The maximum Gasteiger partial charge on any atom is 0.268 e. The fraction of sp³-hybridized carbons (Fsp3) is 0.467. The first kappa shape index (κ1) is 28.7. The molecule has 0 radical (unpaired) electrons. The molecule has 3 aromatic rings. The molecule has 6 rings (SSSR count). The summed E-state index contributed by atoms with van der Waals surface area (Å²) in [6.07, 6.45) is 2.36. The lowest BCUT2D eigenvalue weighted by atomic mass is 9.82. The molecule has 1 aromatic heterocycles. The standard InChI is InChI=1S/C30H38N6O5Si/c1-20-28(42(2,3)40)26(11-14-34-19-21(12-16-37)32-33-34)41-30(20)24-17-23(35-15-13-31-18-27(35)38)9-10-25(24)36(29(30)39)22-7-5-4-6-8-22/h4-10,17,19-20,26,28,31,37,40H,11-16,18H2,1-3H3/t20-,26+,28-,30+/m1/s1. The summed E-state index contributed by atoms with van der Waals surface area (Å²) in [5.74, 6) is -0.534. The van der Waals surface area contributed by atoms with Gasteiger partial charge in [0.1, 0.15) is 0 Å². The molecule has 11 nitrogen and oxygen atoms in total. The summed E-state index contributed by atoms with van der Waals surface area (Å²) >= 11 is 0. The molecule has 1 spiro atoms. The second-order valence-corrected chi connectivity index (χ2v) is 16.0. The molecule has 2 saturated heterocycles. The quantitative estimate of drug-likeness (QED) is 0.341. The Morgan fingerprint density at radius 1 is 1.14 bits per heavy atom. The van der Waals surface area contributed by atoms with Gasteiger partial charge in [0.05, 0.1) is 24.0 Å². The third kappa shape index (κ3) is 4.76. The molecule has 2 aromatic carbocycles. The smallest absolute Gasteiger partial charge is 0.268 e. The van der Waals surface area contributed by atoms with Crippen molar-refractivity contribution < 1.29 is 24.2 Å². The lowest BCUT2D eigenvalue weighted by Crippen LogP contribution is -2.48. The summed E-state index contributed by atoms with van der Waals surface area (Å²) < 4.78 is 8.69. The number of aromatic nitrogens is 3. The van der Waals surface area contributed by atoms with Gasteiger partial charge in [-0.1, -0.05) is 30.3 Å². The average Bonchev–Trinajstić information content (AvgIpc) is 3.61. The topological polar surface area (TPSA) is 133 Å². The van der Waals surface area contributed by atoms with Crippen LogP contribution in [0.4, 0.5) is 17.1 Å². The third-order valence-electron chi connectivity index (χ3n) is 8.89. The number of aliphatic hydroxyl groups is 1. The van der Waals surface area contributed by atoms with E-state index in [1.807, 2.05) is 74.7 Å². The van der Waals surface area contributed by atoms with Gasteiger partial charge in [0.25, 0.3) is 5.91 Å². The number of ether oxygens (including phenoxy) is 1. The van der Waals surface area contributed by atoms with E-state index in [1.54, 1.807) is 14.5 Å². The Hall–Kier alpha value is -3.42. The van der Waals surface area contributed by atoms with Gasteiger partial charge in [-0.15, -0.1) is 5.10 Å². The molecule has 3 N–H and O–H groups in total. The SMILES string of the molecule is C[C@@H]1[C@@H]([Si](C)(C)O)[C@H](CCn2cc(CCO)nn2)O[C@@]12C(=O)N(c1ccccc1)c1ccc(N3CCNCC3=O)cc12. The molecular weight excluding hydrogens is 552 g/mol. The van der Waals surface area contributed by atoms with Crippen molar-refractivity contribution in [2.24, 2.45) is 5.92 Å². The van der Waals surface area contributed by atoms with E-state index in [9.17, 15) is 19.5 Å². The zero-order valence-corrected chi connectivity index (χ0v) is 25.2. The molecule has 4 heterocycles. The number of piperazine rings is 1. The van der Waals surface area contributed by atoms with Gasteiger partial charge in [0, 0.05) is 67.3 Å². The summed E-state index contributed by atoms with van der Waals surface area (Å²) in [6, 6.07) is 15.3. The summed E-state index contributed by atoms with van der Waals surface area (Å²) in [6.45, 7) is 7.81. The number of anilines is 3. The van der Waals surface area contributed by atoms with Gasteiger partial charge in [-0.3, -0.25) is 19.2 Å². The number of hydrogen-bond donors (Lipinski definition) is 3. The molecule has 42 heavy (non-hydrogen) atoms. The molecule has 222 valence electrons. The van der Waals surface area contributed by atoms with E-state index < -0.39 is 20.0 Å². The Bertz CT molecular complexity index is 1480. The van der Waals surface area contributed by atoms with E-state index >= 15 is 0 Å². The highest BCUT2D eigenvalue weighted by Crippen LogP contribution is 2.61. The predicted octanol–water partition coefficient (Wildman–Crippen LogP) is 2.32. The van der Waals surface area contributed by atoms with Crippen molar-refractivity contribution in [1.29, 1.82) is 0 Å². The largest absolute Gasteiger partial charge is 0.432 e. The highest BCUT2D eigenvalue weighted by Gasteiger charge is 2.66. The van der Waals surface area contributed by atoms with E-state index in [2.05, 4.69) is 15.6 Å². The number of rotatable bonds is 8. The Morgan fingerprint density at radius 2 is 1.93 bits per heavy atom. The van der Waals surface area contributed by atoms with Crippen LogP contribution in [0.1, 0.15) is 24.6 Å². The van der Waals surface area contributed by atoms with Crippen LogP contribution in [0.25, 0.3) is 0 Å². The Morgan fingerprint density at radius 3 is 2.64 bits per heavy atom. The van der Waals surface area contributed by atoms with Crippen LogP contribution in [-0.2, 0) is 32.9 Å². The van der Waals surface area contributed by atoms with Crippen molar-refractivity contribution in [3.63, 3.8) is 0 Å². The van der Waals surface area contributed by atoms with E-state index in [0.717, 1.165) is 22.6 Å². The molecule has 0 bridgehead atoms. The number of para-hydroxylation sites is 1. The van der Waals surface area contributed by atoms with Gasteiger partial charge < -0.3 is 24.9 Å². The summed E-state index contributed by atoms with van der Waals surface area (Å²) in [4.78, 5) is 42.6. The van der Waals surface area contributed by atoms with Crippen molar-refractivity contribution >= 4 is 37.2 Å². The normalized spacial score (nSPS) is 26.0. The first-order valence-electron chi connectivity index (χ1n) is 14.6. The van der Waals surface area contributed by atoms with Gasteiger partial charge in [0.15, 0.2) is 13.9 Å². The maximum absolute atomic E-state index is 14.7. The maximum atomic E-state index is 14.7. The predicted molar refractivity (Wildman–Crippen MR) is 160 cm³/mol. The van der Waals surface area contributed by atoms with Crippen LogP contribution in [-0.4, -0.2) is 77.4 Å². The van der Waals surface area contributed by atoms with Crippen LogP contribution < -0.4 is 15.1 Å². The fourth-order valence-electron chi connectivity index (χ4n) is 7.08. The molecule has 3 aliphatic rings. The molecule has 0 aliphatic carbocycles. The van der Waals surface area contributed by atoms with Gasteiger partial charge in [0.2, 0.25) is 5.91 Å². The number of aryl methyl sites for hydroxylation is 1. The van der Waals surface area contributed by atoms with Crippen molar-refractivity contribution in [1.82, 2.24) is 20.3 Å². The lowest BCUT2D eigenvalue weighted by Gasteiger charge is -2.33. The van der Waals surface area contributed by atoms with Crippen molar-refractivity contribution in [3.8, 4) is 0 Å². The number of carbonyl (C=O) groups excluding carboxylic acids is 2. The first-order chi connectivity index (χ1) is 20.1. The molecule has 0 saturated carbocycles. The zero-order valence-electron chi connectivity index (χ0n) is 24.2. The lowest BCUT2D eigenvalue weighted by molar-refractivity contribution is -0.145. The molecule has 2 fully saturated rings. The van der Waals surface area contributed by atoms with Gasteiger partial charge in [-0.2, -0.15) is 0 Å². The fourth-order valence-corrected chi connectivity index (χ4v) is 9.68. The van der Waals surface area contributed by atoms with Crippen LogP contribution in [0.2, 0.25) is 18.6 Å². The van der Waals surface area contributed by atoms with Crippen LogP contribution in [0, 0.1) is 5.92 Å². The number of hydrogen-bond acceptors (Lipinski definition) is 8. The highest BCUT2D eigenvalue weighted by atomic mass is 28.4.